The Bertz CT molecular complexity index is 269. The molecular weight excluding hydrogens is 158 g/mol. The van der Waals surface area contributed by atoms with Crippen molar-refractivity contribution in [1.29, 1.82) is 0 Å². The van der Waals surface area contributed by atoms with Gasteiger partial charge in [0.05, 0.1) is 6.20 Å². The van der Waals surface area contributed by atoms with E-state index in [9.17, 15) is 4.79 Å². The van der Waals surface area contributed by atoms with Crippen LogP contribution in [0.5, 0.6) is 0 Å². The zero-order valence-corrected chi connectivity index (χ0v) is 6.60. The molecule has 0 spiro atoms. The molecule has 0 bridgehead atoms. The van der Waals surface area contributed by atoms with Gasteiger partial charge in [-0.2, -0.15) is 5.10 Å². The van der Waals surface area contributed by atoms with Crippen molar-refractivity contribution in [3.8, 4) is 0 Å². The second-order valence-corrected chi connectivity index (χ2v) is 2.48. The molecule has 3 N–H and O–H groups in total. The van der Waals surface area contributed by atoms with Gasteiger partial charge in [0.15, 0.2) is 0 Å². The van der Waals surface area contributed by atoms with Crippen molar-refractivity contribution in [2.45, 2.75) is 19.4 Å². The molecule has 0 amide bonds. The molecule has 5 nitrogen and oxygen atoms in total. The van der Waals surface area contributed by atoms with Crippen LogP contribution in [0.4, 0.5) is 5.82 Å². The minimum Gasteiger partial charge on any atom is -0.481 e. The van der Waals surface area contributed by atoms with Gasteiger partial charge in [-0.15, -0.1) is 0 Å². The molecule has 0 aliphatic carbocycles. The fourth-order valence-corrected chi connectivity index (χ4v) is 0.910. The smallest absolute Gasteiger partial charge is 0.303 e. The van der Waals surface area contributed by atoms with Gasteiger partial charge < -0.3 is 10.8 Å². The Labute approximate surface area is 69.8 Å². The van der Waals surface area contributed by atoms with Crippen LogP contribution in [0.3, 0.4) is 0 Å². The monoisotopic (exact) mass is 169 g/mol. The van der Waals surface area contributed by atoms with Gasteiger partial charge in [0.1, 0.15) is 5.82 Å². The highest BCUT2D eigenvalue weighted by atomic mass is 16.4. The number of carboxylic acid groups (broad SMARTS) is 1. The van der Waals surface area contributed by atoms with Crippen LogP contribution < -0.4 is 5.73 Å². The third kappa shape index (κ3) is 2.26. The summed E-state index contributed by atoms with van der Waals surface area (Å²) in [6.45, 7) is 0.561. The van der Waals surface area contributed by atoms with Crippen LogP contribution in [0.1, 0.15) is 12.8 Å². The molecular formula is C7H11N3O2. The van der Waals surface area contributed by atoms with Crippen molar-refractivity contribution in [3.05, 3.63) is 12.3 Å². The topological polar surface area (TPSA) is 81.1 Å². The van der Waals surface area contributed by atoms with Crippen molar-refractivity contribution in [2.24, 2.45) is 0 Å². The second-order valence-electron chi connectivity index (χ2n) is 2.48. The summed E-state index contributed by atoms with van der Waals surface area (Å²) < 4.78 is 1.59. The molecule has 0 saturated heterocycles. The average Bonchev–Trinajstić information content (AvgIpc) is 2.36. The Morgan fingerprint density at radius 2 is 2.50 bits per heavy atom. The van der Waals surface area contributed by atoms with E-state index < -0.39 is 5.97 Å². The second kappa shape index (κ2) is 3.75. The lowest BCUT2D eigenvalue weighted by Crippen LogP contribution is -2.06. The summed E-state index contributed by atoms with van der Waals surface area (Å²) in [5, 5.41) is 12.3. The van der Waals surface area contributed by atoms with Gasteiger partial charge >= 0.3 is 5.97 Å². The largest absolute Gasteiger partial charge is 0.481 e. The highest BCUT2D eigenvalue weighted by Gasteiger charge is 1.99. The molecule has 1 aromatic rings. The minimum absolute atomic E-state index is 0.152. The molecule has 0 radical (unpaired) electrons. The maximum absolute atomic E-state index is 10.2. The van der Waals surface area contributed by atoms with Crippen molar-refractivity contribution in [2.75, 3.05) is 5.73 Å². The Balaban J connectivity index is 2.33. The molecule has 0 unspecified atom stereocenters. The molecule has 0 aliphatic heterocycles. The normalized spacial score (nSPS) is 10.0. The molecule has 1 rings (SSSR count). The predicted octanol–water partition coefficient (Wildman–Crippen LogP) is 0.330. The van der Waals surface area contributed by atoms with E-state index in [4.69, 9.17) is 10.8 Å². The summed E-state index contributed by atoms with van der Waals surface area (Å²) in [5.74, 6) is -0.221. The van der Waals surface area contributed by atoms with Gasteiger partial charge in [-0.3, -0.25) is 9.48 Å². The molecule has 5 heteroatoms. The fraction of sp³-hybridized carbons (Fsp3) is 0.429. The highest BCUT2D eigenvalue weighted by Crippen LogP contribution is 2.02. The van der Waals surface area contributed by atoms with Gasteiger partial charge in [0, 0.05) is 13.0 Å². The van der Waals surface area contributed by atoms with Gasteiger partial charge in [0.2, 0.25) is 0 Å². The van der Waals surface area contributed by atoms with Gasteiger partial charge in [-0.05, 0) is 12.5 Å². The summed E-state index contributed by atoms with van der Waals surface area (Å²) in [4.78, 5) is 10.2. The molecule has 1 heterocycles. The van der Waals surface area contributed by atoms with Crippen molar-refractivity contribution >= 4 is 11.8 Å². The molecule has 66 valence electrons. The summed E-state index contributed by atoms with van der Waals surface area (Å²) in [6.07, 6.45) is 2.30. The third-order valence-corrected chi connectivity index (χ3v) is 1.51. The number of anilines is 1. The summed E-state index contributed by atoms with van der Waals surface area (Å²) in [6, 6.07) is 1.68. The molecule has 0 atom stereocenters. The number of nitrogens with zero attached hydrogens (tertiary/aromatic N) is 2. The number of hydrogen-bond acceptors (Lipinski definition) is 3. The third-order valence-electron chi connectivity index (χ3n) is 1.51. The first-order valence-electron chi connectivity index (χ1n) is 3.69. The minimum atomic E-state index is -0.791. The number of nitrogens with two attached hydrogens (primary N) is 1. The lowest BCUT2D eigenvalue weighted by Gasteiger charge is -2.00. The van der Waals surface area contributed by atoms with E-state index in [1.165, 1.54) is 0 Å². The first-order valence-corrected chi connectivity index (χ1v) is 3.69. The van der Waals surface area contributed by atoms with Crippen molar-refractivity contribution in [3.63, 3.8) is 0 Å². The number of carboxylic acids is 1. The van der Waals surface area contributed by atoms with E-state index in [2.05, 4.69) is 5.10 Å². The number of aromatic nitrogens is 2. The van der Waals surface area contributed by atoms with Crippen LogP contribution in [0.25, 0.3) is 0 Å². The average molecular weight is 169 g/mol. The zero-order valence-electron chi connectivity index (χ0n) is 6.60. The van der Waals surface area contributed by atoms with Crippen LogP contribution in [-0.2, 0) is 11.3 Å². The lowest BCUT2D eigenvalue weighted by molar-refractivity contribution is -0.137. The zero-order chi connectivity index (χ0) is 8.97. The van der Waals surface area contributed by atoms with Gasteiger partial charge in [-0.25, -0.2) is 0 Å². The quantitative estimate of drug-likeness (QED) is 0.680. The van der Waals surface area contributed by atoms with Crippen LogP contribution in [0, 0.1) is 0 Å². The number of nitrogen functional groups attached to an aromatic ring is 1. The van der Waals surface area contributed by atoms with E-state index in [-0.39, 0.29) is 6.42 Å². The first-order chi connectivity index (χ1) is 5.70. The first kappa shape index (κ1) is 8.58. The predicted molar refractivity (Wildman–Crippen MR) is 43.5 cm³/mol. The van der Waals surface area contributed by atoms with Crippen LogP contribution in [0.15, 0.2) is 12.3 Å². The maximum Gasteiger partial charge on any atom is 0.303 e. The lowest BCUT2D eigenvalue weighted by atomic mass is 10.3. The number of aryl methyl sites for hydroxylation is 1. The number of carbonyl (C=O) groups is 1. The Kier molecular flexibility index (Phi) is 2.68. The summed E-state index contributed by atoms with van der Waals surface area (Å²) >= 11 is 0. The molecule has 12 heavy (non-hydrogen) atoms. The Hall–Kier alpha value is -1.52. The molecule has 1 aromatic heterocycles. The van der Waals surface area contributed by atoms with E-state index >= 15 is 0 Å². The molecule has 0 aromatic carbocycles. The Morgan fingerprint density at radius 3 is 3.00 bits per heavy atom. The van der Waals surface area contributed by atoms with E-state index in [1.807, 2.05) is 0 Å². The SMILES string of the molecule is Nc1ccnn1CCCC(=O)O. The van der Waals surface area contributed by atoms with E-state index in [1.54, 1.807) is 16.9 Å². The maximum atomic E-state index is 10.2. The number of rotatable bonds is 4. The molecule has 0 saturated carbocycles. The van der Waals surface area contributed by atoms with Crippen molar-refractivity contribution in [1.82, 2.24) is 9.78 Å². The molecule has 0 fully saturated rings. The van der Waals surface area contributed by atoms with Crippen LogP contribution in [-0.4, -0.2) is 20.9 Å². The van der Waals surface area contributed by atoms with Gasteiger partial charge in [-0.1, -0.05) is 0 Å². The number of aliphatic carboxylic acids is 1. The standard InChI is InChI=1S/C7H11N3O2/c8-6-3-4-9-10(6)5-1-2-7(11)12/h3-4H,1-2,5,8H2,(H,11,12). The summed E-state index contributed by atoms with van der Waals surface area (Å²) in [5.41, 5.74) is 5.51. The van der Waals surface area contributed by atoms with Crippen molar-refractivity contribution < 1.29 is 9.90 Å². The Morgan fingerprint density at radius 1 is 1.75 bits per heavy atom. The summed E-state index contributed by atoms with van der Waals surface area (Å²) in [7, 11) is 0. The highest BCUT2D eigenvalue weighted by molar-refractivity contribution is 5.66. The van der Waals surface area contributed by atoms with E-state index in [0.717, 1.165) is 0 Å². The van der Waals surface area contributed by atoms with E-state index in [0.29, 0.717) is 18.8 Å². The van der Waals surface area contributed by atoms with Gasteiger partial charge in [0.25, 0.3) is 0 Å². The fourth-order valence-electron chi connectivity index (χ4n) is 0.910. The molecule has 0 aliphatic rings. The van der Waals surface area contributed by atoms with Crippen LogP contribution in [0.2, 0.25) is 0 Å². The van der Waals surface area contributed by atoms with Crippen LogP contribution >= 0.6 is 0 Å². The number of hydrogen-bond donors (Lipinski definition) is 2.